The summed E-state index contributed by atoms with van der Waals surface area (Å²) in [6.45, 7) is 0.465. The second-order valence-corrected chi connectivity index (χ2v) is 23.1. The average molecular weight is 1400 g/mol. The van der Waals surface area contributed by atoms with Crippen LogP contribution in [0.2, 0.25) is 0 Å². The number of thiocarbonyl (C=S) groups is 1. The van der Waals surface area contributed by atoms with Crippen LogP contribution in [0.3, 0.4) is 0 Å². The number of aromatic carboxylic acids is 1. The molecule has 1 aliphatic carbocycles. The number of primary amides is 1. The Bertz CT molecular complexity index is 3600. The number of fused-ring (bicyclic) bond motifs is 2. The minimum Gasteiger partial charge on any atom is -0.508 e. The Morgan fingerprint density at radius 3 is 1.33 bits per heavy atom. The van der Waals surface area contributed by atoms with Crippen molar-refractivity contribution in [3.05, 3.63) is 70.4 Å². The number of unbranched alkanes of at least 4 members (excludes halogenated alkanes) is 2. The first kappa shape index (κ1) is 79.5. The molecule has 0 radical (unpaired) electrons. The third-order valence-corrected chi connectivity index (χ3v) is 15.2. The zero-order valence-electron chi connectivity index (χ0n) is 53.9. The third-order valence-electron chi connectivity index (χ3n) is 14.6. The van der Waals surface area contributed by atoms with Crippen molar-refractivity contribution in [3.63, 3.8) is 0 Å². The first-order valence-electron chi connectivity index (χ1n) is 31.2. The topological polar surface area (TPSA) is 651 Å². The van der Waals surface area contributed by atoms with E-state index in [2.05, 4.69) is 80.1 Å². The first-order valence-corrected chi connectivity index (χ1v) is 32.2. The van der Waals surface area contributed by atoms with Crippen molar-refractivity contribution in [2.24, 2.45) is 88.0 Å². The van der Waals surface area contributed by atoms with Gasteiger partial charge in [-0.1, -0.05) is 12.5 Å². The van der Waals surface area contributed by atoms with E-state index in [9.17, 15) is 53.4 Å². The van der Waals surface area contributed by atoms with Crippen molar-refractivity contribution >= 4 is 124 Å². The van der Waals surface area contributed by atoms with Crippen molar-refractivity contribution in [3.8, 4) is 28.2 Å². The molecule has 2 aliphatic rings. The number of aliphatic imine (C=N–C) groups is 5. The largest absolute Gasteiger partial charge is 0.508 e. The van der Waals surface area contributed by atoms with Crippen LogP contribution in [0.25, 0.3) is 33.4 Å². The fourth-order valence-corrected chi connectivity index (χ4v) is 10.3. The van der Waals surface area contributed by atoms with Crippen LogP contribution in [0, 0.1) is 0 Å². The number of nitrogens with one attached hydrogen (secondary N) is 8. The number of carboxylic acid groups (broad SMARTS) is 1. The molecule has 38 heteroatoms. The number of hydrogen-bond donors (Lipinski definition) is 22. The monoisotopic (exact) mass is 1400 g/mol. The SMILES string of the molecule is NC(=O)[C@H](CS)NC(=O)[C@H](CCCN=C(N)N)NC(=O)[C@H](CCCN=C(N)N)NC(=O)[C@H](CCCN=C(N)N)NC(=O)[C@H](CCCN=C(N)N)NC(=O)[C@H](CCCN=C(N)N)NC(=O)CCCCCNC(=S)Nc1ccc(-c2c3ccc(=O)cc-3oc3cc(O)ccc23)c(C(=O)O)c1. The first-order chi connectivity index (χ1) is 46.6. The highest BCUT2D eigenvalue weighted by Crippen LogP contribution is 2.42. The van der Waals surface area contributed by atoms with E-state index in [0.717, 1.165) is 0 Å². The quantitative estimate of drug-likeness (QED) is 0.00509. The van der Waals surface area contributed by atoms with Gasteiger partial charge in [0, 0.05) is 85.8 Å². The summed E-state index contributed by atoms with van der Waals surface area (Å²) in [5.74, 6) is -8.19. The Hall–Kier alpha value is -10.9. The van der Waals surface area contributed by atoms with Crippen LogP contribution in [0.15, 0.2) is 88.8 Å². The van der Waals surface area contributed by atoms with Gasteiger partial charge in [0.25, 0.3) is 0 Å². The number of carbonyl (C=O) groups excluding carboxylic acids is 7. The number of phenolic OH excluding ortho intramolecular Hbond substituents is 1. The summed E-state index contributed by atoms with van der Waals surface area (Å²) >= 11 is 9.62. The number of aromatic hydroxyl groups is 1. The number of hydrogen-bond acceptors (Lipinski definition) is 18. The minimum atomic E-state index is -1.45. The molecular formula is C60H90N24O12S2. The fourth-order valence-electron chi connectivity index (χ4n) is 9.83. The van der Waals surface area contributed by atoms with Gasteiger partial charge in [-0.05, 0) is 131 Å². The lowest BCUT2D eigenvalue weighted by molar-refractivity contribution is -0.135. The normalized spacial score (nSPS) is 12.7. The van der Waals surface area contributed by atoms with Crippen LogP contribution >= 0.6 is 24.8 Å². The Kier molecular flexibility index (Phi) is 33.4. The molecule has 2 aromatic carbocycles. The van der Waals surface area contributed by atoms with Gasteiger partial charge in [-0.15, -0.1) is 0 Å². The predicted octanol–water partition coefficient (Wildman–Crippen LogP) is -3.59. The van der Waals surface area contributed by atoms with Gasteiger partial charge >= 0.3 is 5.97 Å². The second kappa shape index (κ2) is 41.1. The van der Waals surface area contributed by atoms with Gasteiger partial charge in [-0.2, -0.15) is 12.6 Å². The number of carboxylic acids is 1. The van der Waals surface area contributed by atoms with Gasteiger partial charge in [0.2, 0.25) is 41.4 Å². The summed E-state index contributed by atoms with van der Waals surface area (Å²) in [6.07, 6.45) is 1.57. The van der Waals surface area contributed by atoms with E-state index in [1.807, 2.05) is 0 Å². The van der Waals surface area contributed by atoms with Crippen molar-refractivity contribution < 1.29 is 53.0 Å². The molecular weight excluding hydrogens is 1310 g/mol. The van der Waals surface area contributed by atoms with E-state index in [0.29, 0.717) is 53.6 Å². The Balaban J connectivity index is 1.50. The lowest BCUT2D eigenvalue weighted by atomic mass is 9.90. The number of amides is 7. The molecule has 534 valence electrons. The van der Waals surface area contributed by atoms with Crippen molar-refractivity contribution in [1.29, 1.82) is 0 Å². The summed E-state index contributed by atoms with van der Waals surface area (Å²) in [5.41, 5.74) is 62.3. The van der Waals surface area contributed by atoms with Crippen molar-refractivity contribution in [2.45, 2.75) is 126 Å². The van der Waals surface area contributed by atoms with Gasteiger partial charge < -0.3 is 120 Å². The van der Waals surface area contributed by atoms with Crippen LogP contribution in [-0.2, 0) is 33.6 Å². The van der Waals surface area contributed by atoms with E-state index in [1.54, 1.807) is 24.3 Å². The summed E-state index contributed by atoms with van der Waals surface area (Å²) < 4.78 is 5.93. The third kappa shape index (κ3) is 28.2. The second-order valence-electron chi connectivity index (χ2n) is 22.3. The number of nitrogens with two attached hydrogens (primary N) is 11. The van der Waals surface area contributed by atoms with E-state index in [-0.39, 0.29) is 172 Å². The number of carbonyl (C=O) groups is 8. The Morgan fingerprint density at radius 1 is 0.500 bits per heavy atom. The van der Waals surface area contributed by atoms with E-state index >= 15 is 0 Å². The summed E-state index contributed by atoms with van der Waals surface area (Å²) in [6, 6.07) is 5.14. The van der Waals surface area contributed by atoms with Crippen molar-refractivity contribution in [1.82, 2.24) is 37.2 Å². The number of benzene rings is 3. The Morgan fingerprint density at radius 2 is 0.918 bits per heavy atom. The zero-order valence-corrected chi connectivity index (χ0v) is 55.6. The molecule has 2 aromatic rings. The molecule has 6 atom stereocenters. The average Bonchev–Trinajstić information content (AvgIpc) is 0.750. The molecule has 0 unspecified atom stereocenters. The van der Waals surface area contributed by atoms with Gasteiger partial charge in [-0.3, -0.25) is 63.3 Å². The number of nitrogens with zero attached hydrogens (tertiary/aromatic N) is 5. The molecule has 36 nitrogen and oxygen atoms in total. The highest BCUT2D eigenvalue weighted by atomic mass is 32.1. The number of rotatable bonds is 42. The molecule has 4 rings (SSSR count). The molecule has 0 saturated heterocycles. The highest BCUT2D eigenvalue weighted by molar-refractivity contribution is 7.80. The zero-order chi connectivity index (χ0) is 72.4. The van der Waals surface area contributed by atoms with E-state index in [4.69, 9.17) is 79.7 Å². The fraction of sp³-hybridized carbons (Fsp3) is 0.450. The lowest BCUT2D eigenvalue weighted by Crippen LogP contribution is -2.59. The van der Waals surface area contributed by atoms with Gasteiger partial charge in [-0.25, -0.2) is 4.79 Å². The Labute approximate surface area is 574 Å². The van der Waals surface area contributed by atoms with Crippen LogP contribution < -0.4 is 111 Å². The molecule has 7 amide bonds. The number of thiol groups is 1. The minimum absolute atomic E-state index is 0.00350. The van der Waals surface area contributed by atoms with Gasteiger partial charge in [0.1, 0.15) is 53.3 Å². The number of anilines is 1. The molecule has 1 heterocycles. The molecule has 0 fully saturated rings. The molecule has 0 saturated carbocycles. The maximum Gasteiger partial charge on any atom is 0.336 e. The maximum atomic E-state index is 14.6. The highest BCUT2D eigenvalue weighted by Gasteiger charge is 2.34. The van der Waals surface area contributed by atoms with E-state index in [1.165, 1.54) is 30.3 Å². The van der Waals surface area contributed by atoms with E-state index < -0.39 is 83.6 Å². The summed E-state index contributed by atoms with van der Waals surface area (Å²) in [4.78, 5) is 142. The predicted molar refractivity (Wildman–Crippen MR) is 380 cm³/mol. The van der Waals surface area contributed by atoms with Crippen LogP contribution in [0.5, 0.6) is 5.75 Å². The maximum absolute atomic E-state index is 14.6. The molecule has 98 heavy (non-hydrogen) atoms. The smallest absolute Gasteiger partial charge is 0.336 e. The van der Waals surface area contributed by atoms with Crippen LogP contribution in [0.1, 0.15) is 100 Å². The summed E-state index contributed by atoms with van der Waals surface area (Å²) in [7, 11) is 0. The molecule has 1 aliphatic heterocycles. The standard InChI is InChI=1S/C60H90N24O12S2/c61-48(88)43(30-97)84-53(93)42(13-8-26-76-59(70)71)83-52(92)41(12-7-25-75-58(68)69)82-51(91)40(11-6-24-74-57(66)67)81-50(90)39(10-5-23-73-56(64)65)80-49(89)38(9-4-22-72-55(62)63)79-46(87)14-2-1-3-21-77-60(98)78-31-15-18-34(37(27-31)54(94)95)47-35-19-16-32(85)28-44(35)96-45-29-33(86)17-20-36(45)47/h15-20,27-29,38-43,85,97H,1-14,21-26,30H2,(H2,61,88)(H,79,87)(H,80,89)(H,81,90)(H,82,91)(H,83,92)(H,84,93)(H,94,95)(H4,62,63,72)(H4,64,65,73)(H4,66,67,74)(H4,68,69,75)(H4,70,71,76)(H2,77,78,98)/t38-,39-,40-,41-,42-,43-/m0/s1. The lowest BCUT2D eigenvalue weighted by Gasteiger charge is -2.27. The van der Waals surface area contributed by atoms with Gasteiger partial charge in [0.15, 0.2) is 40.3 Å². The van der Waals surface area contributed by atoms with Gasteiger partial charge in [0.05, 0.1) is 5.56 Å². The summed E-state index contributed by atoms with van der Waals surface area (Å²) in [5, 5.41) is 43.2. The van der Waals surface area contributed by atoms with Crippen LogP contribution in [-0.4, -0.2) is 174 Å². The molecule has 32 N–H and O–H groups in total. The number of phenols is 1. The van der Waals surface area contributed by atoms with Crippen molar-refractivity contribution in [2.75, 3.05) is 50.3 Å². The molecule has 0 aromatic heterocycles. The van der Waals surface area contributed by atoms with Crippen LogP contribution in [0.4, 0.5) is 5.69 Å². The molecule has 0 spiro atoms. The molecule has 0 bridgehead atoms. The number of guanidine groups is 5.